The van der Waals surface area contributed by atoms with Gasteiger partial charge in [0.1, 0.15) is 10.7 Å². The fraction of sp³-hybridized carbons (Fsp3) is 0.571. The van der Waals surface area contributed by atoms with Crippen LogP contribution >= 0.6 is 0 Å². The van der Waals surface area contributed by atoms with Crippen LogP contribution in [-0.4, -0.2) is 34.7 Å². The largest absolute Gasteiger partial charge is 0.380 e. The smallest absolute Gasteiger partial charge is 0.243 e. The highest BCUT2D eigenvalue weighted by Crippen LogP contribution is 2.16. The van der Waals surface area contributed by atoms with Crippen LogP contribution in [0.15, 0.2) is 23.1 Å². The van der Waals surface area contributed by atoms with E-state index in [1.807, 2.05) is 13.8 Å². The van der Waals surface area contributed by atoms with Crippen molar-refractivity contribution in [3.63, 3.8) is 0 Å². The zero-order valence-electron chi connectivity index (χ0n) is 12.5. The zero-order chi connectivity index (χ0) is 15.7. The van der Waals surface area contributed by atoms with Crippen molar-refractivity contribution in [2.24, 2.45) is 0 Å². The van der Waals surface area contributed by atoms with Crippen LogP contribution in [0.1, 0.15) is 25.8 Å². The SMILES string of the molecule is CCCNCc1ccc(F)c(S(=O)(=O)NCCOCC)c1. The lowest BCUT2D eigenvalue weighted by Crippen LogP contribution is -2.28. The lowest BCUT2D eigenvalue weighted by atomic mass is 10.2. The van der Waals surface area contributed by atoms with Crippen LogP contribution in [0.25, 0.3) is 0 Å². The van der Waals surface area contributed by atoms with Gasteiger partial charge in [-0.3, -0.25) is 0 Å². The van der Waals surface area contributed by atoms with Crippen LogP contribution in [0.4, 0.5) is 4.39 Å². The highest BCUT2D eigenvalue weighted by Gasteiger charge is 2.19. The summed E-state index contributed by atoms with van der Waals surface area (Å²) in [4.78, 5) is -0.324. The predicted molar refractivity (Wildman–Crippen MR) is 80.1 cm³/mol. The quantitative estimate of drug-likeness (QED) is 0.644. The Labute approximate surface area is 125 Å². The van der Waals surface area contributed by atoms with Crippen molar-refractivity contribution >= 4 is 10.0 Å². The minimum Gasteiger partial charge on any atom is -0.380 e. The molecule has 1 aromatic rings. The molecule has 0 radical (unpaired) electrons. The fourth-order valence-electron chi connectivity index (χ4n) is 1.74. The Hall–Kier alpha value is -1.02. The van der Waals surface area contributed by atoms with E-state index in [2.05, 4.69) is 10.0 Å². The zero-order valence-corrected chi connectivity index (χ0v) is 13.3. The number of rotatable bonds is 10. The molecule has 21 heavy (non-hydrogen) atoms. The molecule has 2 N–H and O–H groups in total. The van der Waals surface area contributed by atoms with Gasteiger partial charge in [0.05, 0.1) is 6.61 Å². The highest BCUT2D eigenvalue weighted by atomic mass is 32.2. The molecule has 1 rings (SSSR count). The Bertz CT molecular complexity index is 535. The van der Waals surface area contributed by atoms with Crippen molar-refractivity contribution in [2.45, 2.75) is 31.7 Å². The molecule has 0 spiro atoms. The topological polar surface area (TPSA) is 67.4 Å². The van der Waals surface area contributed by atoms with Crippen molar-refractivity contribution < 1.29 is 17.5 Å². The lowest BCUT2D eigenvalue weighted by molar-refractivity contribution is 0.153. The van der Waals surface area contributed by atoms with E-state index in [0.717, 1.165) is 18.5 Å². The number of hydrogen-bond donors (Lipinski definition) is 2. The van der Waals surface area contributed by atoms with E-state index in [1.54, 1.807) is 6.07 Å². The molecule has 0 atom stereocenters. The third kappa shape index (κ3) is 6.09. The van der Waals surface area contributed by atoms with Gasteiger partial charge >= 0.3 is 0 Å². The normalized spacial score (nSPS) is 11.8. The van der Waals surface area contributed by atoms with E-state index < -0.39 is 15.8 Å². The van der Waals surface area contributed by atoms with E-state index in [9.17, 15) is 12.8 Å². The first-order valence-corrected chi connectivity index (χ1v) is 8.56. The summed E-state index contributed by atoms with van der Waals surface area (Å²) in [6, 6.07) is 4.12. The minimum absolute atomic E-state index is 0.119. The number of hydrogen-bond acceptors (Lipinski definition) is 4. The predicted octanol–water partition coefficient (Wildman–Crippen LogP) is 1.64. The van der Waals surface area contributed by atoms with Gasteiger partial charge in [0.25, 0.3) is 0 Å². The number of sulfonamides is 1. The molecule has 0 aliphatic heterocycles. The molecule has 1 aromatic carbocycles. The second-order valence-electron chi connectivity index (χ2n) is 4.54. The Morgan fingerprint density at radius 2 is 2.00 bits per heavy atom. The van der Waals surface area contributed by atoms with Crippen molar-refractivity contribution in [3.8, 4) is 0 Å². The number of ether oxygens (including phenoxy) is 1. The summed E-state index contributed by atoms with van der Waals surface area (Å²) in [7, 11) is -3.86. The second-order valence-corrected chi connectivity index (χ2v) is 6.27. The van der Waals surface area contributed by atoms with Crippen LogP contribution in [0.3, 0.4) is 0 Å². The molecule has 0 amide bonds. The van der Waals surface area contributed by atoms with E-state index >= 15 is 0 Å². The van der Waals surface area contributed by atoms with Crippen LogP contribution in [0, 0.1) is 5.82 Å². The van der Waals surface area contributed by atoms with E-state index in [-0.39, 0.29) is 18.0 Å². The van der Waals surface area contributed by atoms with Crippen molar-refractivity contribution in [3.05, 3.63) is 29.6 Å². The summed E-state index contributed by atoms with van der Waals surface area (Å²) >= 11 is 0. The molecule has 0 aromatic heterocycles. The Morgan fingerprint density at radius 1 is 1.24 bits per heavy atom. The van der Waals surface area contributed by atoms with E-state index in [1.165, 1.54) is 12.1 Å². The maximum Gasteiger partial charge on any atom is 0.243 e. The molecule has 0 saturated carbocycles. The van der Waals surface area contributed by atoms with Crippen LogP contribution < -0.4 is 10.0 Å². The third-order valence-corrected chi connectivity index (χ3v) is 4.26. The third-order valence-electron chi connectivity index (χ3n) is 2.78. The Balaban J connectivity index is 2.77. The molecular weight excluding hydrogens is 295 g/mol. The van der Waals surface area contributed by atoms with Crippen molar-refractivity contribution in [2.75, 3.05) is 26.3 Å². The van der Waals surface area contributed by atoms with Gasteiger partial charge in [-0.1, -0.05) is 13.0 Å². The molecular formula is C14H23FN2O3S. The molecule has 120 valence electrons. The second kappa shape index (κ2) is 9.09. The average Bonchev–Trinajstić information content (AvgIpc) is 2.45. The highest BCUT2D eigenvalue weighted by molar-refractivity contribution is 7.89. The first-order valence-electron chi connectivity index (χ1n) is 7.07. The molecule has 0 aliphatic carbocycles. The number of halogens is 1. The molecule has 0 unspecified atom stereocenters. The summed E-state index contributed by atoms with van der Waals surface area (Å²) in [5.41, 5.74) is 0.732. The monoisotopic (exact) mass is 318 g/mol. The summed E-state index contributed by atoms with van der Waals surface area (Å²) in [5, 5.41) is 3.15. The first kappa shape index (κ1) is 18.0. The fourth-order valence-corrected chi connectivity index (χ4v) is 2.88. The molecule has 0 bridgehead atoms. The molecule has 0 heterocycles. The van der Waals surface area contributed by atoms with Crippen LogP contribution in [0.2, 0.25) is 0 Å². The minimum atomic E-state index is -3.86. The summed E-state index contributed by atoms with van der Waals surface area (Å²) < 4.78 is 45.3. The standard InChI is InChI=1S/C14H23FN2O3S/c1-3-7-16-11-12-5-6-13(15)14(10-12)21(18,19)17-8-9-20-4-2/h5-6,10,16-17H,3-4,7-9,11H2,1-2H3. The number of nitrogens with one attached hydrogen (secondary N) is 2. The van der Waals surface area contributed by atoms with Gasteiger partial charge < -0.3 is 10.1 Å². The maximum absolute atomic E-state index is 13.8. The Morgan fingerprint density at radius 3 is 2.67 bits per heavy atom. The Kier molecular flexibility index (Phi) is 7.81. The van der Waals surface area contributed by atoms with Gasteiger partial charge in [-0.15, -0.1) is 0 Å². The number of benzene rings is 1. The van der Waals surface area contributed by atoms with Gasteiger partial charge in [-0.25, -0.2) is 17.5 Å². The first-order chi connectivity index (χ1) is 10.0. The van der Waals surface area contributed by atoms with Crippen LogP contribution in [-0.2, 0) is 21.3 Å². The molecule has 5 nitrogen and oxygen atoms in total. The molecule has 0 saturated heterocycles. The summed E-state index contributed by atoms with van der Waals surface area (Å²) in [6.07, 6.45) is 0.978. The van der Waals surface area contributed by atoms with E-state index in [4.69, 9.17) is 4.74 Å². The molecule has 7 heteroatoms. The van der Waals surface area contributed by atoms with Gasteiger partial charge in [0, 0.05) is 19.7 Å². The van der Waals surface area contributed by atoms with Crippen molar-refractivity contribution in [1.29, 1.82) is 0 Å². The maximum atomic E-state index is 13.8. The van der Waals surface area contributed by atoms with Crippen molar-refractivity contribution in [1.82, 2.24) is 10.0 Å². The van der Waals surface area contributed by atoms with Gasteiger partial charge in [0.15, 0.2) is 0 Å². The average molecular weight is 318 g/mol. The van der Waals surface area contributed by atoms with Gasteiger partial charge in [-0.05, 0) is 37.6 Å². The van der Waals surface area contributed by atoms with Crippen LogP contribution in [0.5, 0.6) is 0 Å². The lowest BCUT2D eigenvalue weighted by Gasteiger charge is -2.10. The summed E-state index contributed by atoms with van der Waals surface area (Å²) in [5.74, 6) is -0.752. The van der Waals surface area contributed by atoms with Gasteiger partial charge in [0.2, 0.25) is 10.0 Å². The van der Waals surface area contributed by atoms with E-state index in [0.29, 0.717) is 13.2 Å². The molecule has 0 aliphatic rings. The van der Waals surface area contributed by atoms with Gasteiger partial charge in [-0.2, -0.15) is 0 Å². The molecule has 0 fully saturated rings. The summed E-state index contributed by atoms with van der Waals surface area (Å²) in [6.45, 7) is 6.08.